The topological polar surface area (TPSA) is 121 Å². The summed E-state index contributed by atoms with van der Waals surface area (Å²) in [6, 6.07) is 7.21. The molecule has 0 bridgehead atoms. The average molecular weight is 348 g/mol. The quantitative estimate of drug-likeness (QED) is 0.705. The van der Waals surface area contributed by atoms with E-state index in [2.05, 4.69) is 21.0 Å². The summed E-state index contributed by atoms with van der Waals surface area (Å²) in [5.74, 6) is -0.732. The van der Waals surface area contributed by atoms with Gasteiger partial charge in [0.05, 0.1) is 4.90 Å². The normalized spacial score (nSPS) is 14.2. The number of hydrogen-bond acceptors (Lipinski definition) is 5. The van der Waals surface area contributed by atoms with Gasteiger partial charge in [0.1, 0.15) is 0 Å². The number of carbonyl (C=O) groups is 2. The molecule has 2 aromatic rings. The van der Waals surface area contributed by atoms with Crippen molar-refractivity contribution in [2.45, 2.75) is 23.7 Å². The van der Waals surface area contributed by atoms with Crippen LogP contribution in [0.3, 0.4) is 0 Å². The lowest BCUT2D eigenvalue weighted by molar-refractivity contribution is 0.0844. The Bertz CT molecular complexity index is 900. The van der Waals surface area contributed by atoms with Crippen molar-refractivity contribution in [2.75, 3.05) is 6.26 Å². The van der Waals surface area contributed by atoms with Gasteiger partial charge < -0.3 is 0 Å². The third-order valence-electron chi connectivity index (χ3n) is 3.66. The second-order valence-corrected chi connectivity index (χ2v) is 7.71. The van der Waals surface area contributed by atoms with Gasteiger partial charge >= 0.3 is 0 Å². The number of nitrogens with zero attached hydrogens (tertiary/aromatic N) is 1. The minimum atomic E-state index is -3.41. The molecule has 3 N–H and O–H groups in total. The van der Waals surface area contributed by atoms with Crippen LogP contribution in [0.5, 0.6) is 0 Å². The van der Waals surface area contributed by atoms with Crippen LogP contribution in [-0.2, 0) is 9.84 Å². The fraction of sp³-hybridized carbons (Fsp3) is 0.267. The number of hydrogen-bond donors (Lipinski definition) is 3. The van der Waals surface area contributed by atoms with Crippen LogP contribution in [0.4, 0.5) is 0 Å². The monoisotopic (exact) mass is 348 g/mol. The van der Waals surface area contributed by atoms with Crippen molar-refractivity contribution < 1.29 is 18.0 Å². The molecule has 0 saturated heterocycles. The van der Waals surface area contributed by atoms with E-state index in [4.69, 9.17) is 0 Å². The number of rotatable bonds is 4. The largest absolute Gasteiger partial charge is 0.290 e. The van der Waals surface area contributed by atoms with Gasteiger partial charge in [0, 0.05) is 23.4 Å². The van der Waals surface area contributed by atoms with Gasteiger partial charge in [-0.05, 0) is 37.1 Å². The first-order valence-electron chi connectivity index (χ1n) is 7.31. The Morgan fingerprint density at radius 2 is 1.88 bits per heavy atom. The molecule has 1 aliphatic rings. The predicted molar refractivity (Wildman–Crippen MR) is 85.0 cm³/mol. The van der Waals surface area contributed by atoms with Crippen molar-refractivity contribution in [1.82, 2.24) is 21.0 Å². The van der Waals surface area contributed by atoms with Crippen LogP contribution in [-0.4, -0.2) is 36.7 Å². The highest BCUT2D eigenvalue weighted by Gasteiger charge is 2.26. The van der Waals surface area contributed by atoms with Crippen molar-refractivity contribution in [3.8, 4) is 0 Å². The van der Waals surface area contributed by atoms with E-state index in [9.17, 15) is 18.0 Å². The summed E-state index contributed by atoms with van der Waals surface area (Å²) in [7, 11) is -3.41. The highest BCUT2D eigenvalue weighted by atomic mass is 32.2. The fourth-order valence-corrected chi connectivity index (χ4v) is 2.84. The molecule has 24 heavy (non-hydrogen) atoms. The predicted octanol–water partition coefficient (Wildman–Crippen LogP) is 0.765. The molecule has 1 aliphatic carbocycles. The molecule has 1 fully saturated rings. The van der Waals surface area contributed by atoms with E-state index in [0.29, 0.717) is 5.92 Å². The average Bonchev–Trinajstić information content (AvgIpc) is 3.28. The number of amides is 2. The molecule has 126 valence electrons. The highest BCUT2D eigenvalue weighted by molar-refractivity contribution is 7.90. The molecule has 1 heterocycles. The molecule has 0 radical (unpaired) electrons. The van der Waals surface area contributed by atoms with E-state index in [1.54, 1.807) is 6.07 Å². The number of aromatic nitrogens is 2. The third kappa shape index (κ3) is 3.62. The lowest BCUT2D eigenvalue weighted by Gasteiger charge is -2.07. The first-order valence-corrected chi connectivity index (χ1v) is 9.20. The molecule has 8 nitrogen and oxygen atoms in total. The van der Waals surface area contributed by atoms with Gasteiger partial charge in [-0.1, -0.05) is 6.07 Å². The van der Waals surface area contributed by atoms with Crippen LogP contribution in [0, 0.1) is 0 Å². The number of benzene rings is 1. The fourth-order valence-electron chi connectivity index (χ4n) is 2.17. The zero-order valence-electron chi connectivity index (χ0n) is 12.9. The maximum Gasteiger partial charge on any atom is 0.290 e. The third-order valence-corrected chi connectivity index (χ3v) is 4.77. The van der Waals surface area contributed by atoms with E-state index >= 15 is 0 Å². The first-order chi connectivity index (χ1) is 11.3. The molecule has 1 aromatic carbocycles. The summed E-state index contributed by atoms with van der Waals surface area (Å²) in [6.45, 7) is 0. The number of carbonyl (C=O) groups excluding carboxylic acids is 2. The van der Waals surface area contributed by atoms with Gasteiger partial charge in [-0.25, -0.2) is 8.42 Å². The van der Waals surface area contributed by atoms with E-state index in [0.717, 1.165) is 24.8 Å². The molecule has 3 rings (SSSR count). The first kappa shape index (κ1) is 16.2. The molecule has 0 spiro atoms. The molecule has 0 aliphatic heterocycles. The molecular weight excluding hydrogens is 332 g/mol. The maximum atomic E-state index is 12.0. The molecule has 9 heteroatoms. The van der Waals surface area contributed by atoms with E-state index in [1.165, 1.54) is 24.3 Å². The lowest BCUT2D eigenvalue weighted by Crippen LogP contribution is -2.41. The smallest absolute Gasteiger partial charge is 0.281 e. The summed E-state index contributed by atoms with van der Waals surface area (Å²) >= 11 is 0. The van der Waals surface area contributed by atoms with Crippen molar-refractivity contribution in [2.24, 2.45) is 0 Å². The number of hydrazine groups is 1. The van der Waals surface area contributed by atoms with Gasteiger partial charge in [0.25, 0.3) is 11.8 Å². The van der Waals surface area contributed by atoms with Gasteiger partial charge in [-0.2, -0.15) is 5.10 Å². The second-order valence-electron chi connectivity index (χ2n) is 5.69. The van der Waals surface area contributed by atoms with E-state index in [-0.39, 0.29) is 16.2 Å². The molecule has 0 atom stereocenters. The van der Waals surface area contributed by atoms with Crippen LogP contribution >= 0.6 is 0 Å². The SMILES string of the molecule is CS(=O)(=O)c1cccc(C(=O)NNC(=O)c2cc(C3CC3)[nH]n2)c1. The Morgan fingerprint density at radius 1 is 1.17 bits per heavy atom. The Kier molecular flexibility index (Phi) is 4.10. The summed E-state index contributed by atoms with van der Waals surface area (Å²) < 4.78 is 23.0. The van der Waals surface area contributed by atoms with Crippen molar-refractivity contribution in [3.63, 3.8) is 0 Å². The molecule has 0 unspecified atom stereocenters. The minimum absolute atomic E-state index is 0.0304. The van der Waals surface area contributed by atoms with Crippen LogP contribution in [0.1, 0.15) is 45.3 Å². The number of H-pyrrole nitrogens is 1. The molecular formula is C15H16N4O4S. The van der Waals surface area contributed by atoms with E-state index < -0.39 is 21.7 Å². The Hall–Kier alpha value is -2.68. The van der Waals surface area contributed by atoms with Crippen molar-refractivity contribution in [3.05, 3.63) is 47.3 Å². The summed E-state index contributed by atoms with van der Waals surface area (Å²) in [5.41, 5.74) is 5.72. The van der Waals surface area contributed by atoms with Crippen molar-refractivity contribution >= 4 is 21.7 Å². The molecule has 1 saturated carbocycles. The molecule has 1 aromatic heterocycles. The van der Waals surface area contributed by atoms with Crippen LogP contribution in [0.15, 0.2) is 35.2 Å². The Morgan fingerprint density at radius 3 is 2.54 bits per heavy atom. The Labute approximate surface area is 138 Å². The van der Waals surface area contributed by atoms with Crippen molar-refractivity contribution in [1.29, 1.82) is 0 Å². The number of nitrogens with one attached hydrogen (secondary N) is 3. The van der Waals surface area contributed by atoms with Gasteiger partial charge in [-0.3, -0.25) is 25.5 Å². The van der Waals surface area contributed by atoms with Gasteiger partial charge in [0.15, 0.2) is 15.5 Å². The maximum absolute atomic E-state index is 12.0. The van der Waals surface area contributed by atoms with Crippen LogP contribution in [0.25, 0.3) is 0 Å². The number of sulfone groups is 1. The zero-order chi connectivity index (χ0) is 17.3. The standard InChI is InChI=1S/C15H16N4O4S/c1-24(22,23)11-4-2-3-10(7-11)14(20)18-19-15(21)13-8-12(16-17-13)9-5-6-9/h2-4,7-9H,5-6H2,1H3,(H,16,17)(H,18,20)(H,19,21). The minimum Gasteiger partial charge on any atom is -0.281 e. The Balaban J connectivity index is 1.63. The summed E-state index contributed by atoms with van der Waals surface area (Å²) in [6.07, 6.45) is 3.22. The van der Waals surface area contributed by atoms with Gasteiger partial charge in [0.2, 0.25) is 0 Å². The van der Waals surface area contributed by atoms with Gasteiger partial charge in [-0.15, -0.1) is 0 Å². The van der Waals surface area contributed by atoms with E-state index in [1.807, 2.05) is 0 Å². The van der Waals surface area contributed by atoms with Crippen LogP contribution in [0.2, 0.25) is 0 Å². The second kappa shape index (κ2) is 6.08. The lowest BCUT2D eigenvalue weighted by atomic mass is 10.2. The molecule has 2 amide bonds. The summed E-state index contributed by atoms with van der Waals surface area (Å²) in [5, 5.41) is 6.71. The highest BCUT2D eigenvalue weighted by Crippen LogP contribution is 2.38. The number of aromatic amines is 1. The van der Waals surface area contributed by atoms with Crippen LogP contribution < -0.4 is 10.9 Å². The zero-order valence-corrected chi connectivity index (χ0v) is 13.7. The summed E-state index contributed by atoms with van der Waals surface area (Å²) in [4.78, 5) is 24.0.